The van der Waals surface area contributed by atoms with Gasteiger partial charge in [-0.15, -0.1) is 10.2 Å². The third kappa shape index (κ3) is 4.07. The van der Waals surface area contributed by atoms with Gasteiger partial charge in [0.05, 0.1) is 11.8 Å². The van der Waals surface area contributed by atoms with Crippen molar-refractivity contribution in [3.8, 4) is 0 Å². The first-order chi connectivity index (χ1) is 9.97. The summed E-state index contributed by atoms with van der Waals surface area (Å²) < 4.78 is 1.80. The number of benzene rings is 1. The highest BCUT2D eigenvalue weighted by Gasteiger charge is 2.12. The molecule has 5 nitrogen and oxygen atoms in total. The third-order valence-electron chi connectivity index (χ3n) is 3.41. The minimum absolute atomic E-state index is 0.00287. The molecule has 1 N–H and O–H groups in total. The van der Waals surface area contributed by atoms with Crippen LogP contribution in [0.3, 0.4) is 0 Å². The normalized spacial score (nSPS) is 12.2. The lowest BCUT2D eigenvalue weighted by Gasteiger charge is -2.15. The zero-order chi connectivity index (χ0) is 15.4. The number of aryl methyl sites for hydroxylation is 3. The number of hydrogen-bond acceptors (Lipinski definition) is 4. The number of nitrogens with one attached hydrogen (secondary N) is 1. The van der Waals surface area contributed by atoms with Crippen LogP contribution in [0.2, 0.25) is 0 Å². The molecule has 1 unspecified atom stereocenters. The summed E-state index contributed by atoms with van der Waals surface area (Å²) in [7, 11) is 1.86. The van der Waals surface area contributed by atoms with E-state index >= 15 is 0 Å². The van der Waals surface area contributed by atoms with Crippen molar-refractivity contribution in [1.29, 1.82) is 0 Å². The fourth-order valence-electron chi connectivity index (χ4n) is 1.93. The lowest BCUT2D eigenvalue weighted by Crippen LogP contribution is -2.28. The van der Waals surface area contributed by atoms with Crippen LogP contribution in [0.25, 0.3) is 0 Å². The number of carbonyl (C=O) groups excluding carboxylic acids is 1. The molecule has 1 atom stereocenters. The molecule has 1 heterocycles. The minimum Gasteiger partial charge on any atom is -0.349 e. The Hall–Kier alpha value is -1.82. The van der Waals surface area contributed by atoms with Crippen LogP contribution in [0.1, 0.15) is 29.7 Å². The summed E-state index contributed by atoms with van der Waals surface area (Å²) in [6, 6.07) is 6.26. The Labute approximate surface area is 129 Å². The number of aromatic nitrogens is 3. The van der Waals surface area contributed by atoms with Crippen LogP contribution in [0.4, 0.5) is 0 Å². The van der Waals surface area contributed by atoms with Gasteiger partial charge in [0.2, 0.25) is 5.91 Å². The molecule has 6 heteroatoms. The average molecular weight is 304 g/mol. The van der Waals surface area contributed by atoms with Crippen LogP contribution in [0.5, 0.6) is 0 Å². The lowest BCUT2D eigenvalue weighted by atomic mass is 10.0. The van der Waals surface area contributed by atoms with Gasteiger partial charge in [0.25, 0.3) is 0 Å². The Kier molecular flexibility index (Phi) is 5.01. The molecule has 1 amide bonds. The molecule has 0 bridgehead atoms. The highest BCUT2D eigenvalue weighted by Crippen LogP contribution is 2.18. The summed E-state index contributed by atoms with van der Waals surface area (Å²) in [4.78, 5) is 12.0. The van der Waals surface area contributed by atoms with Gasteiger partial charge in [-0.3, -0.25) is 4.79 Å². The molecule has 21 heavy (non-hydrogen) atoms. The maximum absolute atomic E-state index is 12.0. The predicted molar refractivity (Wildman–Crippen MR) is 84.2 cm³/mol. The van der Waals surface area contributed by atoms with E-state index in [1.807, 2.05) is 14.0 Å². The Bertz CT molecular complexity index is 638. The molecule has 0 aliphatic heterocycles. The molecule has 0 spiro atoms. The highest BCUT2D eigenvalue weighted by molar-refractivity contribution is 7.99. The van der Waals surface area contributed by atoms with Crippen LogP contribution in [0, 0.1) is 13.8 Å². The number of nitrogens with zero attached hydrogens (tertiary/aromatic N) is 3. The van der Waals surface area contributed by atoms with E-state index in [4.69, 9.17) is 0 Å². The fourth-order valence-corrected chi connectivity index (χ4v) is 2.63. The largest absolute Gasteiger partial charge is 0.349 e. The zero-order valence-electron chi connectivity index (χ0n) is 12.8. The Morgan fingerprint density at radius 1 is 1.38 bits per heavy atom. The van der Waals surface area contributed by atoms with Crippen molar-refractivity contribution in [1.82, 2.24) is 20.1 Å². The van der Waals surface area contributed by atoms with Crippen LogP contribution >= 0.6 is 11.8 Å². The van der Waals surface area contributed by atoms with Crippen molar-refractivity contribution in [2.45, 2.75) is 32.0 Å². The van der Waals surface area contributed by atoms with Crippen LogP contribution in [0.15, 0.2) is 29.7 Å². The summed E-state index contributed by atoms with van der Waals surface area (Å²) in [6.45, 7) is 6.16. The van der Waals surface area contributed by atoms with Gasteiger partial charge in [0, 0.05) is 7.05 Å². The molecule has 2 rings (SSSR count). The monoisotopic (exact) mass is 304 g/mol. The molecule has 112 valence electrons. The maximum Gasteiger partial charge on any atom is 0.230 e. The van der Waals surface area contributed by atoms with Gasteiger partial charge in [0.15, 0.2) is 5.16 Å². The van der Waals surface area contributed by atoms with E-state index in [1.165, 1.54) is 22.9 Å². The first-order valence-corrected chi connectivity index (χ1v) is 7.79. The summed E-state index contributed by atoms with van der Waals surface area (Å²) >= 11 is 1.38. The first-order valence-electron chi connectivity index (χ1n) is 6.80. The Morgan fingerprint density at radius 3 is 2.76 bits per heavy atom. The fraction of sp³-hybridized carbons (Fsp3) is 0.400. The van der Waals surface area contributed by atoms with Gasteiger partial charge >= 0.3 is 0 Å². The first kappa shape index (κ1) is 15.6. The second-order valence-corrected chi connectivity index (χ2v) is 6.09. The van der Waals surface area contributed by atoms with Crippen LogP contribution in [-0.2, 0) is 11.8 Å². The van der Waals surface area contributed by atoms with E-state index < -0.39 is 0 Å². The summed E-state index contributed by atoms with van der Waals surface area (Å²) in [5.74, 6) is 0.329. The molecule has 0 saturated carbocycles. The van der Waals surface area contributed by atoms with E-state index in [0.29, 0.717) is 5.75 Å². The van der Waals surface area contributed by atoms with Gasteiger partial charge in [0.1, 0.15) is 6.33 Å². The van der Waals surface area contributed by atoms with Crippen molar-refractivity contribution in [3.63, 3.8) is 0 Å². The van der Waals surface area contributed by atoms with Gasteiger partial charge < -0.3 is 9.88 Å². The Morgan fingerprint density at radius 2 is 2.14 bits per heavy atom. The van der Waals surface area contributed by atoms with Gasteiger partial charge in [-0.05, 0) is 37.5 Å². The highest BCUT2D eigenvalue weighted by atomic mass is 32.2. The predicted octanol–water partition coefficient (Wildman–Crippen LogP) is 2.40. The minimum atomic E-state index is -0.00581. The maximum atomic E-state index is 12.0. The molecular weight excluding hydrogens is 284 g/mol. The molecule has 0 radical (unpaired) electrons. The second kappa shape index (κ2) is 6.76. The van der Waals surface area contributed by atoms with Crippen molar-refractivity contribution in [3.05, 3.63) is 41.2 Å². The van der Waals surface area contributed by atoms with Crippen molar-refractivity contribution >= 4 is 17.7 Å². The molecule has 0 saturated heterocycles. The third-order valence-corrected chi connectivity index (χ3v) is 4.45. The van der Waals surface area contributed by atoms with E-state index in [0.717, 1.165) is 10.7 Å². The molecule has 2 aromatic rings. The number of carbonyl (C=O) groups is 1. The Balaban J connectivity index is 1.89. The van der Waals surface area contributed by atoms with Gasteiger partial charge in [-0.1, -0.05) is 30.0 Å². The number of rotatable bonds is 5. The van der Waals surface area contributed by atoms with E-state index in [9.17, 15) is 4.79 Å². The number of thioether (sulfide) groups is 1. The number of hydrogen-bond donors (Lipinski definition) is 1. The topological polar surface area (TPSA) is 59.8 Å². The lowest BCUT2D eigenvalue weighted by molar-refractivity contribution is -0.119. The van der Waals surface area contributed by atoms with E-state index in [2.05, 4.69) is 47.6 Å². The molecule has 1 aromatic heterocycles. The van der Waals surface area contributed by atoms with E-state index in [1.54, 1.807) is 10.9 Å². The zero-order valence-corrected chi connectivity index (χ0v) is 13.6. The quantitative estimate of drug-likeness (QED) is 0.862. The molecule has 0 aliphatic rings. The van der Waals surface area contributed by atoms with Crippen molar-refractivity contribution < 1.29 is 4.79 Å². The molecule has 1 aromatic carbocycles. The summed E-state index contributed by atoms with van der Waals surface area (Å²) in [6.07, 6.45) is 1.62. The smallest absolute Gasteiger partial charge is 0.230 e. The van der Waals surface area contributed by atoms with Crippen molar-refractivity contribution in [2.24, 2.45) is 7.05 Å². The van der Waals surface area contributed by atoms with Gasteiger partial charge in [-0.2, -0.15) is 0 Å². The second-order valence-electron chi connectivity index (χ2n) is 5.15. The standard InChI is InChI=1S/C15H20N4OS/c1-10-5-6-13(7-11(10)2)12(3)17-14(20)8-21-15-18-16-9-19(15)4/h5-7,9,12H,8H2,1-4H3,(H,17,20). The van der Waals surface area contributed by atoms with Crippen LogP contribution in [-0.4, -0.2) is 26.4 Å². The van der Waals surface area contributed by atoms with Gasteiger partial charge in [-0.25, -0.2) is 0 Å². The van der Waals surface area contributed by atoms with E-state index in [-0.39, 0.29) is 11.9 Å². The van der Waals surface area contributed by atoms with Crippen molar-refractivity contribution in [2.75, 3.05) is 5.75 Å². The number of amides is 1. The summed E-state index contributed by atoms with van der Waals surface area (Å²) in [5, 5.41) is 11.5. The SMILES string of the molecule is Cc1ccc(C(C)NC(=O)CSc2nncn2C)cc1C. The molecular formula is C15H20N4OS. The average Bonchev–Trinajstić information content (AvgIpc) is 2.85. The molecule has 0 fully saturated rings. The van der Waals surface area contributed by atoms with Crippen LogP contribution < -0.4 is 5.32 Å². The molecule has 0 aliphatic carbocycles. The summed E-state index contributed by atoms with van der Waals surface area (Å²) in [5.41, 5.74) is 3.62.